The summed E-state index contributed by atoms with van der Waals surface area (Å²) in [5.74, 6) is -0.532. The lowest BCUT2D eigenvalue weighted by Crippen LogP contribution is -2.40. The minimum Gasteiger partial charge on any atom is -0.343 e. The van der Waals surface area contributed by atoms with Gasteiger partial charge in [0.2, 0.25) is 15.9 Å². The summed E-state index contributed by atoms with van der Waals surface area (Å²) in [6, 6.07) is 1.53. The van der Waals surface area contributed by atoms with Gasteiger partial charge >= 0.3 is 6.03 Å². The SMILES string of the molecule is O=C(Nc1c2c(cc3c1CCC3)CCC2)NS(=O)(=O)CCC(=O)N1CCCCC1. The summed E-state index contributed by atoms with van der Waals surface area (Å²) in [6.07, 6.45) is 8.90. The predicted octanol–water partition coefficient (Wildman–Crippen LogP) is 2.52. The smallest absolute Gasteiger partial charge is 0.332 e. The van der Waals surface area contributed by atoms with Crippen LogP contribution >= 0.6 is 0 Å². The first-order chi connectivity index (χ1) is 13.9. The van der Waals surface area contributed by atoms with Crippen molar-refractivity contribution in [3.8, 4) is 0 Å². The number of nitrogens with one attached hydrogen (secondary N) is 2. The molecular formula is C21H29N3O4S. The van der Waals surface area contributed by atoms with Crippen LogP contribution in [0.15, 0.2) is 6.07 Å². The third kappa shape index (κ3) is 4.57. The fourth-order valence-corrected chi connectivity index (χ4v) is 5.70. The molecule has 4 rings (SSSR count). The molecule has 3 amide bonds. The molecule has 0 unspecified atom stereocenters. The molecule has 1 aliphatic heterocycles. The predicted molar refractivity (Wildman–Crippen MR) is 111 cm³/mol. The Morgan fingerprint density at radius 2 is 1.52 bits per heavy atom. The second kappa shape index (κ2) is 8.34. The van der Waals surface area contributed by atoms with Crippen LogP contribution in [0.1, 0.15) is 60.8 Å². The van der Waals surface area contributed by atoms with Crippen molar-refractivity contribution in [2.24, 2.45) is 0 Å². The molecule has 2 N–H and O–H groups in total. The van der Waals surface area contributed by atoms with Crippen molar-refractivity contribution in [2.45, 2.75) is 64.2 Å². The van der Waals surface area contributed by atoms with Crippen molar-refractivity contribution >= 4 is 27.6 Å². The lowest BCUT2D eigenvalue weighted by molar-refractivity contribution is -0.131. The number of benzene rings is 1. The van der Waals surface area contributed by atoms with Crippen LogP contribution in [0, 0.1) is 0 Å². The van der Waals surface area contributed by atoms with E-state index in [0.29, 0.717) is 13.1 Å². The lowest BCUT2D eigenvalue weighted by Gasteiger charge is -2.26. The molecular weight excluding hydrogens is 390 g/mol. The highest BCUT2D eigenvalue weighted by atomic mass is 32.2. The van der Waals surface area contributed by atoms with Crippen LogP contribution in [-0.4, -0.2) is 44.1 Å². The Balaban J connectivity index is 1.38. The molecule has 8 heteroatoms. The maximum Gasteiger partial charge on any atom is 0.332 e. The Morgan fingerprint density at radius 3 is 2.14 bits per heavy atom. The Kier molecular flexibility index (Phi) is 5.81. The zero-order valence-electron chi connectivity index (χ0n) is 16.8. The molecule has 158 valence electrons. The molecule has 0 bridgehead atoms. The van der Waals surface area contributed by atoms with Gasteiger partial charge in [0.25, 0.3) is 0 Å². The van der Waals surface area contributed by atoms with Crippen molar-refractivity contribution in [1.82, 2.24) is 9.62 Å². The van der Waals surface area contributed by atoms with Crippen LogP contribution < -0.4 is 10.0 Å². The van der Waals surface area contributed by atoms with E-state index in [4.69, 9.17) is 0 Å². The van der Waals surface area contributed by atoms with E-state index in [1.165, 1.54) is 11.1 Å². The zero-order chi connectivity index (χ0) is 20.4. The number of carbonyl (C=O) groups excluding carboxylic acids is 2. The van der Waals surface area contributed by atoms with E-state index in [2.05, 4.69) is 16.1 Å². The molecule has 1 aromatic rings. The van der Waals surface area contributed by atoms with Gasteiger partial charge in [-0.25, -0.2) is 17.9 Å². The second-order valence-electron chi connectivity index (χ2n) is 8.30. The van der Waals surface area contributed by atoms with Crippen molar-refractivity contribution in [3.05, 3.63) is 28.3 Å². The highest BCUT2D eigenvalue weighted by Crippen LogP contribution is 2.38. The normalized spacial score (nSPS) is 18.3. The number of hydrogen-bond donors (Lipinski definition) is 2. The molecule has 7 nitrogen and oxygen atoms in total. The third-order valence-electron chi connectivity index (χ3n) is 6.25. The lowest BCUT2D eigenvalue weighted by atomic mass is 9.99. The number of rotatable bonds is 5. The van der Waals surface area contributed by atoms with Gasteiger partial charge in [-0.05, 0) is 80.0 Å². The molecule has 0 atom stereocenters. The van der Waals surface area contributed by atoms with Crippen LogP contribution in [0.2, 0.25) is 0 Å². The highest BCUT2D eigenvalue weighted by molar-refractivity contribution is 7.90. The minimum absolute atomic E-state index is 0.0985. The van der Waals surface area contributed by atoms with Crippen molar-refractivity contribution in [1.29, 1.82) is 0 Å². The fraction of sp³-hybridized carbons (Fsp3) is 0.619. The third-order valence-corrected chi connectivity index (χ3v) is 7.49. The standard InChI is InChI=1S/C21H29N3O4S/c25-19(24-11-2-1-3-12-24)10-13-29(27,28)23-21(26)22-20-17-8-4-6-15(17)14-16-7-5-9-18(16)20/h14H,1-13H2,(H2,22,23,26). The van der Waals surface area contributed by atoms with Crippen molar-refractivity contribution in [3.63, 3.8) is 0 Å². The highest BCUT2D eigenvalue weighted by Gasteiger charge is 2.26. The van der Waals surface area contributed by atoms with Crippen molar-refractivity contribution in [2.75, 3.05) is 24.2 Å². The van der Waals surface area contributed by atoms with E-state index in [1.807, 2.05) is 0 Å². The monoisotopic (exact) mass is 419 g/mol. The Labute approximate surface area is 172 Å². The second-order valence-corrected chi connectivity index (χ2v) is 10.1. The molecule has 0 spiro atoms. The van der Waals surface area contributed by atoms with E-state index in [1.54, 1.807) is 4.90 Å². The maximum absolute atomic E-state index is 12.5. The number of hydrogen-bond acceptors (Lipinski definition) is 4. The summed E-state index contributed by atoms with van der Waals surface area (Å²) >= 11 is 0. The molecule has 1 fully saturated rings. The number of piperidine rings is 1. The number of anilines is 1. The Morgan fingerprint density at radius 1 is 0.897 bits per heavy atom. The first-order valence-corrected chi connectivity index (χ1v) is 12.3. The molecule has 3 aliphatic rings. The van der Waals surface area contributed by atoms with E-state index >= 15 is 0 Å². The van der Waals surface area contributed by atoms with Gasteiger partial charge in [-0.2, -0.15) is 0 Å². The van der Waals surface area contributed by atoms with Crippen LogP contribution in [0.3, 0.4) is 0 Å². The van der Waals surface area contributed by atoms with Gasteiger partial charge in [-0.3, -0.25) is 4.79 Å². The van der Waals surface area contributed by atoms with Gasteiger partial charge < -0.3 is 10.2 Å². The first-order valence-electron chi connectivity index (χ1n) is 10.7. The van der Waals surface area contributed by atoms with E-state index in [0.717, 1.165) is 74.6 Å². The number of urea groups is 1. The summed E-state index contributed by atoms with van der Waals surface area (Å²) in [5.41, 5.74) is 5.66. The average molecular weight is 420 g/mol. The molecule has 2 aliphatic carbocycles. The van der Waals surface area contributed by atoms with Gasteiger partial charge in [0.15, 0.2) is 0 Å². The van der Waals surface area contributed by atoms with Crippen LogP contribution in [0.25, 0.3) is 0 Å². The van der Waals surface area contributed by atoms with E-state index < -0.39 is 16.1 Å². The molecule has 1 heterocycles. The van der Waals surface area contributed by atoms with Gasteiger partial charge in [-0.1, -0.05) is 6.07 Å². The molecule has 29 heavy (non-hydrogen) atoms. The maximum atomic E-state index is 12.5. The van der Waals surface area contributed by atoms with Gasteiger partial charge in [0.1, 0.15) is 0 Å². The fourth-order valence-electron chi connectivity index (χ4n) is 4.82. The number of likely N-dealkylation sites (tertiary alicyclic amines) is 1. The van der Waals surface area contributed by atoms with Crippen LogP contribution in [0.4, 0.5) is 10.5 Å². The number of carbonyl (C=O) groups is 2. The summed E-state index contributed by atoms with van der Waals surface area (Å²) in [7, 11) is -3.87. The Hall–Kier alpha value is -2.09. The largest absolute Gasteiger partial charge is 0.343 e. The first kappa shape index (κ1) is 20.2. The van der Waals surface area contributed by atoms with Gasteiger partial charge in [0, 0.05) is 25.2 Å². The number of nitrogens with zero attached hydrogens (tertiary/aromatic N) is 1. The molecule has 0 saturated carbocycles. The molecule has 0 radical (unpaired) electrons. The van der Waals surface area contributed by atoms with Gasteiger partial charge in [-0.15, -0.1) is 0 Å². The number of aryl methyl sites for hydroxylation is 2. The van der Waals surface area contributed by atoms with E-state index in [-0.39, 0.29) is 18.1 Å². The minimum atomic E-state index is -3.87. The summed E-state index contributed by atoms with van der Waals surface area (Å²) < 4.78 is 26.8. The summed E-state index contributed by atoms with van der Waals surface area (Å²) in [5, 5.41) is 2.83. The molecule has 1 aromatic carbocycles. The van der Waals surface area contributed by atoms with Crippen LogP contribution in [0.5, 0.6) is 0 Å². The van der Waals surface area contributed by atoms with E-state index in [9.17, 15) is 18.0 Å². The molecule has 0 aromatic heterocycles. The molecule has 1 saturated heterocycles. The van der Waals surface area contributed by atoms with Crippen molar-refractivity contribution < 1.29 is 18.0 Å². The topological polar surface area (TPSA) is 95.6 Å². The number of fused-ring (bicyclic) bond motifs is 2. The quantitative estimate of drug-likeness (QED) is 0.767. The number of sulfonamides is 1. The summed E-state index contributed by atoms with van der Waals surface area (Å²) in [4.78, 5) is 26.4. The Bertz CT molecular complexity index is 888. The average Bonchev–Trinajstić information content (AvgIpc) is 3.35. The van der Waals surface area contributed by atoms with Gasteiger partial charge in [0.05, 0.1) is 5.75 Å². The number of amides is 3. The zero-order valence-corrected chi connectivity index (χ0v) is 17.6. The van der Waals surface area contributed by atoms with Crippen LogP contribution in [-0.2, 0) is 40.5 Å². The summed E-state index contributed by atoms with van der Waals surface area (Å²) in [6.45, 7) is 1.38.